The van der Waals surface area contributed by atoms with E-state index in [1.165, 1.54) is 18.2 Å². The molecule has 162 valence electrons. The lowest BCUT2D eigenvalue weighted by molar-refractivity contribution is -0.124. The van der Waals surface area contributed by atoms with Gasteiger partial charge in [0.05, 0.1) is 7.11 Å². The Morgan fingerprint density at radius 2 is 1.87 bits per heavy atom. The number of rotatable bonds is 8. The minimum atomic E-state index is -0.773. The minimum Gasteiger partial charge on any atom is -0.497 e. The first kappa shape index (κ1) is 22.0. The van der Waals surface area contributed by atoms with E-state index in [2.05, 4.69) is 15.8 Å². The monoisotopic (exact) mass is 425 g/mol. The quantitative estimate of drug-likeness (QED) is 0.576. The molecule has 0 spiro atoms. The van der Waals surface area contributed by atoms with Gasteiger partial charge in [-0.1, -0.05) is 43.3 Å². The number of benzene rings is 2. The highest BCUT2D eigenvalue weighted by Gasteiger charge is 2.26. The van der Waals surface area contributed by atoms with E-state index in [1.54, 1.807) is 37.4 Å². The van der Waals surface area contributed by atoms with Crippen LogP contribution >= 0.6 is 0 Å². The van der Waals surface area contributed by atoms with Crippen LogP contribution in [0.15, 0.2) is 59.1 Å². The van der Waals surface area contributed by atoms with Gasteiger partial charge in [0.25, 0.3) is 5.91 Å². The summed E-state index contributed by atoms with van der Waals surface area (Å²) < 4.78 is 23.5. The van der Waals surface area contributed by atoms with Gasteiger partial charge < -0.3 is 19.9 Å². The predicted octanol–water partition coefficient (Wildman–Crippen LogP) is 3.56. The molecular formula is C23H24FN3O4. The summed E-state index contributed by atoms with van der Waals surface area (Å²) in [5, 5.41) is 9.30. The van der Waals surface area contributed by atoms with Gasteiger partial charge >= 0.3 is 0 Å². The van der Waals surface area contributed by atoms with Gasteiger partial charge in [-0.15, -0.1) is 0 Å². The van der Waals surface area contributed by atoms with Gasteiger partial charge in [0.2, 0.25) is 5.91 Å². The Labute approximate surface area is 179 Å². The van der Waals surface area contributed by atoms with Gasteiger partial charge in [-0.05, 0) is 35.7 Å². The molecule has 1 atom stereocenters. The largest absolute Gasteiger partial charge is 0.497 e. The van der Waals surface area contributed by atoms with Crippen LogP contribution in [-0.2, 0) is 11.3 Å². The van der Waals surface area contributed by atoms with E-state index >= 15 is 0 Å². The van der Waals surface area contributed by atoms with Crippen LogP contribution in [0.1, 0.15) is 29.9 Å². The highest BCUT2D eigenvalue weighted by atomic mass is 19.1. The molecule has 0 aliphatic rings. The maximum Gasteiger partial charge on any atom is 0.274 e. The first-order valence-electron chi connectivity index (χ1n) is 9.81. The zero-order valence-electron chi connectivity index (χ0n) is 17.5. The summed E-state index contributed by atoms with van der Waals surface area (Å²) in [5.74, 6) is -0.313. The fourth-order valence-corrected chi connectivity index (χ4v) is 2.95. The number of carbonyl (C=O) groups excluding carboxylic acids is 2. The number of hydrogen-bond acceptors (Lipinski definition) is 5. The number of nitrogens with zero attached hydrogens (tertiary/aromatic N) is 1. The smallest absolute Gasteiger partial charge is 0.274 e. The fourth-order valence-electron chi connectivity index (χ4n) is 2.95. The lowest BCUT2D eigenvalue weighted by Gasteiger charge is -2.21. The third-order valence-corrected chi connectivity index (χ3v) is 4.71. The highest BCUT2D eigenvalue weighted by Crippen LogP contribution is 2.24. The lowest BCUT2D eigenvalue weighted by atomic mass is 10.0. The van der Waals surface area contributed by atoms with E-state index in [0.717, 1.165) is 5.56 Å². The van der Waals surface area contributed by atoms with Crippen LogP contribution in [-0.4, -0.2) is 30.1 Å². The van der Waals surface area contributed by atoms with Crippen molar-refractivity contribution in [1.29, 1.82) is 0 Å². The number of carbonyl (C=O) groups is 2. The van der Waals surface area contributed by atoms with Crippen LogP contribution in [0.4, 0.5) is 4.39 Å². The molecule has 0 aliphatic carbocycles. The molecule has 0 aliphatic heterocycles. The standard InChI is InChI=1S/C23H24FN3O4/c1-14(2)21(23(29)25-13-15-7-9-17(24)10-8-15)26-22(28)19-12-20(31-27-19)16-5-4-6-18(11-16)30-3/h4-12,14,21H,13H2,1-3H3,(H,25,29)(H,26,28). The molecule has 31 heavy (non-hydrogen) atoms. The number of halogens is 1. The zero-order valence-corrected chi connectivity index (χ0v) is 17.5. The van der Waals surface area contributed by atoms with Crippen molar-refractivity contribution in [1.82, 2.24) is 15.8 Å². The number of ether oxygens (including phenoxy) is 1. The van der Waals surface area contributed by atoms with Crippen molar-refractivity contribution in [2.45, 2.75) is 26.4 Å². The maximum absolute atomic E-state index is 13.0. The molecule has 2 amide bonds. The van der Waals surface area contributed by atoms with Crippen molar-refractivity contribution in [3.05, 3.63) is 71.7 Å². The summed E-state index contributed by atoms with van der Waals surface area (Å²) in [6, 6.07) is 13.8. The van der Waals surface area contributed by atoms with Crippen LogP contribution < -0.4 is 15.4 Å². The average Bonchev–Trinajstić information content (AvgIpc) is 3.27. The summed E-state index contributed by atoms with van der Waals surface area (Å²) in [5.41, 5.74) is 1.53. The van der Waals surface area contributed by atoms with Crippen molar-refractivity contribution < 1.29 is 23.2 Å². The Morgan fingerprint density at radius 3 is 2.55 bits per heavy atom. The Bertz CT molecular complexity index is 1050. The molecule has 0 saturated heterocycles. The molecule has 0 bridgehead atoms. The van der Waals surface area contributed by atoms with Crippen molar-refractivity contribution in [2.75, 3.05) is 7.11 Å². The maximum atomic E-state index is 13.0. The van der Waals surface area contributed by atoms with E-state index in [1.807, 2.05) is 19.9 Å². The topological polar surface area (TPSA) is 93.5 Å². The van der Waals surface area contributed by atoms with E-state index in [4.69, 9.17) is 9.26 Å². The summed E-state index contributed by atoms with van der Waals surface area (Å²) in [7, 11) is 1.56. The lowest BCUT2D eigenvalue weighted by Crippen LogP contribution is -2.49. The first-order valence-corrected chi connectivity index (χ1v) is 9.81. The molecular weight excluding hydrogens is 401 g/mol. The SMILES string of the molecule is COc1cccc(-c2cc(C(=O)NC(C(=O)NCc3ccc(F)cc3)C(C)C)no2)c1. The third-order valence-electron chi connectivity index (χ3n) is 4.71. The van der Waals surface area contributed by atoms with Gasteiger partial charge in [-0.3, -0.25) is 9.59 Å². The molecule has 1 heterocycles. The number of methoxy groups -OCH3 is 1. The molecule has 8 heteroatoms. The molecule has 0 radical (unpaired) electrons. The summed E-state index contributed by atoms with van der Waals surface area (Å²) in [4.78, 5) is 25.3. The second-order valence-corrected chi connectivity index (χ2v) is 7.35. The molecule has 7 nitrogen and oxygen atoms in total. The van der Waals surface area contributed by atoms with Gasteiger partial charge in [0.15, 0.2) is 11.5 Å². The third kappa shape index (κ3) is 5.69. The van der Waals surface area contributed by atoms with Crippen LogP contribution in [0.3, 0.4) is 0 Å². The number of hydrogen-bond donors (Lipinski definition) is 2. The minimum absolute atomic E-state index is 0.0646. The van der Waals surface area contributed by atoms with Crippen LogP contribution in [0.2, 0.25) is 0 Å². The molecule has 0 saturated carbocycles. The molecule has 1 aromatic heterocycles. The van der Waals surface area contributed by atoms with Crippen molar-refractivity contribution >= 4 is 11.8 Å². The van der Waals surface area contributed by atoms with Crippen LogP contribution in [0, 0.1) is 11.7 Å². The van der Waals surface area contributed by atoms with Crippen LogP contribution in [0.5, 0.6) is 5.75 Å². The molecule has 0 fully saturated rings. The zero-order chi connectivity index (χ0) is 22.4. The molecule has 2 aromatic carbocycles. The summed E-state index contributed by atoms with van der Waals surface area (Å²) in [6.07, 6.45) is 0. The van der Waals surface area contributed by atoms with Crippen molar-refractivity contribution in [3.8, 4) is 17.1 Å². The molecule has 3 rings (SSSR count). The number of nitrogens with one attached hydrogen (secondary N) is 2. The summed E-state index contributed by atoms with van der Waals surface area (Å²) in [6.45, 7) is 3.88. The van der Waals surface area contributed by atoms with E-state index in [-0.39, 0.29) is 29.9 Å². The fraction of sp³-hybridized carbons (Fsp3) is 0.261. The van der Waals surface area contributed by atoms with Gasteiger partial charge in [-0.2, -0.15) is 0 Å². The Morgan fingerprint density at radius 1 is 1.13 bits per heavy atom. The Hall–Kier alpha value is -3.68. The molecule has 3 aromatic rings. The van der Waals surface area contributed by atoms with Gasteiger partial charge in [0.1, 0.15) is 17.6 Å². The van der Waals surface area contributed by atoms with Crippen molar-refractivity contribution in [3.63, 3.8) is 0 Å². The summed E-state index contributed by atoms with van der Waals surface area (Å²) >= 11 is 0. The van der Waals surface area contributed by atoms with Crippen molar-refractivity contribution in [2.24, 2.45) is 5.92 Å². The average molecular weight is 425 g/mol. The van der Waals surface area contributed by atoms with Gasteiger partial charge in [-0.25, -0.2) is 4.39 Å². The number of aromatic nitrogens is 1. The number of amides is 2. The molecule has 2 N–H and O–H groups in total. The second-order valence-electron chi connectivity index (χ2n) is 7.35. The van der Waals surface area contributed by atoms with Gasteiger partial charge in [0, 0.05) is 18.2 Å². The highest BCUT2D eigenvalue weighted by molar-refractivity contribution is 5.96. The van der Waals surface area contributed by atoms with Crippen LogP contribution in [0.25, 0.3) is 11.3 Å². The van der Waals surface area contributed by atoms with E-state index < -0.39 is 11.9 Å². The Balaban J connectivity index is 1.65. The first-order chi connectivity index (χ1) is 14.9. The predicted molar refractivity (Wildman–Crippen MR) is 113 cm³/mol. The van der Waals surface area contributed by atoms with E-state index in [9.17, 15) is 14.0 Å². The molecule has 1 unspecified atom stereocenters. The Kier molecular flexibility index (Phi) is 7.02. The van der Waals surface area contributed by atoms with E-state index in [0.29, 0.717) is 17.1 Å². The second kappa shape index (κ2) is 9.88. The normalized spacial score (nSPS) is 11.8.